The minimum Gasteiger partial charge on any atom is -0.354 e. The smallest absolute Gasteiger partial charge is 0.241 e. The van der Waals surface area contributed by atoms with Crippen molar-refractivity contribution in [1.29, 1.82) is 0 Å². The van der Waals surface area contributed by atoms with Crippen molar-refractivity contribution in [2.75, 3.05) is 6.54 Å². The van der Waals surface area contributed by atoms with Gasteiger partial charge in [0.1, 0.15) is 5.54 Å². The monoisotopic (exact) mass is 294 g/mol. The van der Waals surface area contributed by atoms with Crippen LogP contribution in [0.5, 0.6) is 0 Å². The van der Waals surface area contributed by atoms with E-state index in [1.165, 1.54) is 0 Å². The van der Waals surface area contributed by atoms with E-state index in [-0.39, 0.29) is 11.8 Å². The molecule has 114 valence electrons. The van der Waals surface area contributed by atoms with Crippen molar-refractivity contribution in [3.63, 3.8) is 0 Å². The SMILES string of the molecule is NC1(C(c2ccccc2)c2ccccc2)CCCCNC1=O. The number of carbonyl (C=O) groups is 1. The summed E-state index contributed by atoms with van der Waals surface area (Å²) in [5, 5.41) is 2.99. The van der Waals surface area contributed by atoms with E-state index < -0.39 is 5.54 Å². The predicted molar refractivity (Wildman–Crippen MR) is 88.5 cm³/mol. The van der Waals surface area contributed by atoms with Crippen molar-refractivity contribution in [3.8, 4) is 0 Å². The molecule has 22 heavy (non-hydrogen) atoms. The first-order valence-corrected chi connectivity index (χ1v) is 7.89. The van der Waals surface area contributed by atoms with Crippen molar-refractivity contribution in [3.05, 3.63) is 71.8 Å². The van der Waals surface area contributed by atoms with E-state index in [1.54, 1.807) is 0 Å². The van der Waals surface area contributed by atoms with Crippen LogP contribution >= 0.6 is 0 Å². The van der Waals surface area contributed by atoms with Gasteiger partial charge < -0.3 is 11.1 Å². The fourth-order valence-corrected chi connectivity index (χ4v) is 3.38. The van der Waals surface area contributed by atoms with Crippen LogP contribution in [0, 0.1) is 0 Å². The Kier molecular flexibility index (Phi) is 4.25. The van der Waals surface area contributed by atoms with Crippen LogP contribution in [-0.4, -0.2) is 18.0 Å². The Labute approximate surface area is 131 Å². The average molecular weight is 294 g/mol. The fourth-order valence-electron chi connectivity index (χ4n) is 3.38. The Balaban J connectivity index is 2.11. The Morgan fingerprint density at radius 1 is 0.909 bits per heavy atom. The summed E-state index contributed by atoms with van der Waals surface area (Å²) in [7, 11) is 0. The zero-order valence-corrected chi connectivity index (χ0v) is 12.7. The van der Waals surface area contributed by atoms with E-state index in [0.717, 1.165) is 24.0 Å². The molecule has 2 aromatic rings. The zero-order valence-electron chi connectivity index (χ0n) is 12.7. The molecule has 0 saturated carbocycles. The van der Waals surface area contributed by atoms with Crippen LogP contribution in [0.1, 0.15) is 36.3 Å². The summed E-state index contributed by atoms with van der Waals surface area (Å²) in [5.74, 6) is -0.171. The molecule has 1 unspecified atom stereocenters. The lowest BCUT2D eigenvalue weighted by Crippen LogP contribution is -2.57. The van der Waals surface area contributed by atoms with E-state index in [2.05, 4.69) is 29.6 Å². The molecular formula is C19H22N2O. The first kappa shape index (κ1) is 14.8. The number of benzene rings is 2. The molecule has 0 aromatic heterocycles. The summed E-state index contributed by atoms with van der Waals surface area (Å²) in [6.07, 6.45) is 2.65. The Morgan fingerprint density at radius 3 is 2.00 bits per heavy atom. The van der Waals surface area contributed by atoms with Crippen molar-refractivity contribution in [2.24, 2.45) is 5.73 Å². The minimum atomic E-state index is -0.904. The van der Waals surface area contributed by atoms with Crippen LogP contribution in [-0.2, 0) is 4.79 Å². The highest BCUT2D eigenvalue weighted by atomic mass is 16.2. The van der Waals surface area contributed by atoms with E-state index in [0.29, 0.717) is 13.0 Å². The summed E-state index contributed by atoms with van der Waals surface area (Å²) < 4.78 is 0. The van der Waals surface area contributed by atoms with E-state index >= 15 is 0 Å². The van der Waals surface area contributed by atoms with Gasteiger partial charge in [0.05, 0.1) is 0 Å². The van der Waals surface area contributed by atoms with Crippen LogP contribution < -0.4 is 11.1 Å². The second kappa shape index (κ2) is 6.32. The van der Waals surface area contributed by atoms with Gasteiger partial charge in [-0.25, -0.2) is 0 Å². The molecule has 1 amide bonds. The first-order valence-electron chi connectivity index (χ1n) is 7.89. The maximum absolute atomic E-state index is 12.7. The number of hydrogen-bond donors (Lipinski definition) is 2. The van der Waals surface area contributed by atoms with Crippen molar-refractivity contribution >= 4 is 5.91 Å². The Morgan fingerprint density at radius 2 is 1.45 bits per heavy atom. The molecule has 3 rings (SSSR count). The predicted octanol–water partition coefficient (Wildman–Crippen LogP) is 2.82. The molecule has 3 nitrogen and oxygen atoms in total. The van der Waals surface area contributed by atoms with Gasteiger partial charge in [-0.1, -0.05) is 60.7 Å². The number of rotatable bonds is 3. The number of amides is 1. The third-order valence-electron chi connectivity index (χ3n) is 4.51. The molecule has 0 bridgehead atoms. The summed E-state index contributed by atoms with van der Waals surface area (Å²) in [5.41, 5.74) is 7.98. The van der Waals surface area contributed by atoms with E-state index in [1.807, 2.05) is 36.4 Å². The van der Waals surface area contributed by atoms with Crippen LogP contribution in [0.15, 0.2) is 60.7 Å². The molecule has 1 aliphatic heterocycles. The number of carbonyl (C=O) groups excluding carboxylic acids is 1. The quantitative estimate of drug-likeness (QED) is 0.914. The summed E-state index contributed by atoms with van der Waals surface area (Å²) in [6.45, 7) is 0.716. The minimum absolute atomic E-state index is 0.0392. The molecule has 1 fully saturated rings. The highest BCUT2D eigenvalue weighted by molar-refractivity contribution is 5.88. The normalized spacial score (nSPS) is 22.2. The molecular weight excluding hydrogens is 272 g/mol. The van der Waals surface area contributed by atoms with Crippen LogP contribution in [0.3, 0.4) is 0 Å². The summed E-state index contributed by atoms with van der Waals surface area (Å²) in [6, 6.07) is 20.2. The second-order valence-corrected chi connectivity index (χ2v) is 6.01. The third-order valence-corrected chi connectivity index (χ3v) is 4.51. The molecule has 1 aliphatic rings. The molecule has 2 aromatic carbocycles. The fraction of sp³-hybridized carbons (Fsp3) is 0.316. The van der Waals surface area contributed by atoms with E-state index in [9.17, 15) is 4.79 Å². The van der Waals surface area contributed by atoms with Crippen LogP contribution in [0.2, 0.25) is 0 Å². The molecule has 0 aliphatic carbocycles. The number of hydrogen-bond acceptors (Lipinski definition) is 2. The second-order valence-electron chi connectivity index (χ2n) is 6.01. The maximum atomic E-state index is 12.7. The highest BCUT2D eigenvalue weighted by Gasteiger charge is 2.43. The van der Waals surface area contributed by atoms with Gasteiger partial charge >= 0.3 is 0 Å². The van der Waals surface area contributed by atoms with Crippen LogP contribution in [0.25, 0.3) is 0 Å². The molecule has 1 heterocycles. The molecule has 1 saturated heterocycles. The van der Waals surface area contributed by atoms with Crippen molar-refractivity contribution in [1.82, 2.24) is 5.32 Å². The number of nitrogens with one attached hydrogen (secondary N) is 1. The van der Waals surface area contributed by atoms with Crippen LogP contribution in [0.4, 0.5) is 0 Å². The van der Waals surface area contributed by atoms with E-state index in [4.69, 9.17) is 5.73 Å². The Hall–Kier alpha value is -2.13. The molecule has 0 radical (unpaired) electrons. The van der Waals surface area contributed by atoms with Gasteiger partial charge in [-0.3, -0.25) is 4.79 Å². The lowest BCUT2D eigenvalue weighted by atomic mass is 9.72. The standard InChI is InChI=1S/C19H22N2O/c20-19(13-7-8-14-21-18(19)22)17(15-9-3-1-4-10-15)16-11-5-2-6-12-16/h1-6,9-12,17H,7-8,13-14,20H2,(H,21,22). The zero-order chi connectivity index (χ0) is 15.4. The average Bonchev–Trinajstić information content (AvgIpc) is 2.72. The molecule has 0 spiro atoms. The maximum Gasteiger partial charge on any atom is 0.241 e. The summed E-state index contributed by atoms with van der Waals surface area (Å²) >= 11 is 0. The highest BCUT2D eigenvalue weighted by Crippen LogP contribution is 2.37. The third kappa shape index (κ3) is 2.77. The van der Waals surface area contributed by atoms with Crippen molar-refractivity contribution in [2.45, 2.75) is 30.7 Å². The Bertz CT molecular complexity index is 587. The van der Waals surface area contributed by atoms with Gasteiger partial charge in [-0.15, -0.1) is 0 Å². The first-order chi connectivity index (χ1) is 10.7. The van der Waals surface area contributed by atoms with Gasteiger partial charge in [-0.05, 0) is 30.4 Å². The van der Waals surface area contributed by atoms with Gasteiger partial charge in [-0.2, -0.15) is 0 Å². The molecule has 3 heteroatoms. The van der Waals surface area contributed by atoms with Gasteiger partial charge in [0.15, 0.2) is 0 Å². The molecule has 3 N–H and O–H groups in total. The number of nitrogens with two attached hydrogens (primary N) is 1. The molecule has 1 atom stereocenters. The van der Waals surface area contributed by atoms with Crippen molar-refractivity contribution < 1.29 is 4.79 Å². The lowest BCUT2D eigenvalue weighted by molar-refractivity contribution is -0.126. The summed E-state index contributed by atoms with van der Waals surface area (Å²) in [4.78, 5) is 12.7. The van der Waals surface area contributed by atoms with Gasteiger partial charge in [0.25, 0.3) is 0 Å². The topological polar surface area (TPSA) is 55.1 Å². The largest absolute Gasteiger partial charge is 0.354 e. The van der Waals surface area contributed by atoms with Gasteiger partial charge in [0, 0.05) is 12.5 Å². The lowest BCUT2D eigenvalue weighted by Gasteiger charge is -2.36. The van der Waals surface area contributed by atoms with Gasteiger partial charge in [0.2, 0.25) is 5.91 Å².